The summed E-state index contributed by atoms with van der Waals surface area (Å²) in [6.07, 6.45) is 2.73. The highest BCUT2D eigenvalue weighted by Gasteiger charge is 2.21. The number of amides is 1. The molecule has 0 aromatic rings. The largest absolute Gasteiger partial charge is 0.350 e. The molecule has 0 aliphatic rings. The molecular formula is C10H22N2O. The van der Waals surface area contributed by atoms with Gasteiger partial charge in [0.2, 0.25) is 5.91 Å². The maximum atomic E-state index is 11.4. The standard InChI is InChI=1S/C10H22N2O/c1-5-7-10(3,4)12-9(13)8(11)6-2/h8H,5-7,11H2,1-4H3,(H,12,13). The highest BCUT2D eigenvalue weighted by Crippen LogP contribution is 2.10. The van der Waals surface area contributed by atoms with Crippen molar-refractivity contribution in [3.8, 4) is 0 Å². The quantitative estimate of drug-likeness (QED) is 0.682. The maximum absolute atomic E-state index is 11.4. The molecule has 0 aliphatic heterocycles. The van der Waals surface area contributed by atoms with Crippen LogP contribution in [0.4, 0.5) is 0 Å². The number of carbonyl (C=O) groups is 1. The van der Waals surface area contributed by atoms with Crippen molar-refractivity contribution >= 4 is 5.91 Å². The molecular weight excluding hydrogens is 164 g/mol. The molecule has 0 aromatic carbocycles. The fraction of sp³-hybridized carbons (Fsp3) is 0.900. The van der Waals surface area contributed by atoms with Crippen molar-refractivity contribution < 1.29 is 4.79 Å². The van der Waals surface area contributed by atoms with Crippen molar-refractivity contribution in [2.75, 3.05) is 0 Å². The van der Waals surface area contributed by atoms with E-state index in [-0.39, 0.29) is 17.5 Å². The molecule has 0 heterocycles. The minimum absolute atomic E-state index is 0.0408. The van der Waals surface area contributed by atoms with Crippen molar-refractivity contribution in [1.82, 2.24) is 5.32 Å². The zero-order valence-electron chi connectivity index (χ0n) is 9.18. The van der Waals surface area contributed by atoms with Crippen LogP contribution < -0.4 is 11.1 Å². The van der Waals surface area contributed by atoms with Gasteiger partial charge in [-0.2, -0.15) is 0 Å². The van der Waals surface area contributed by atoms with Gasteiger partial charge in [-0.3, -0.25) is 4.79 Å². The third kappa shape index (κ3) is 4.88. The van der Waals surface area contributed by atoms with Gasteiger partial charge in [0.15, 0.2) is 0 Å². The Labute approximate surface area is 81.1 Å². The SMILES string of the molecule is CCCC(C)(C)NC(=O)C(N)CC. The molecule has 0 saturated carbocycles. The molecule has 0 bridgehead atoms. The molecule has 1 unspecified atom stereocenters. The average molecular weight is 186 g/mol. The lowest BCUT2D eigenvalue weighted by molar-refractivity contribution is -0.124. The molecule has 0 fully saturated rings. The Morgan fingerprint density at radius 1 is 1.46 bits per heavy atom. The maximum Gasteiger partial charge on any atom is 0.237 e. The summed E-state index contributed by atoms with van der Waals surface area (Å²) in [6, 6.07) is -0.365. The highest BCUT2D eigenvalue weighted by molar-refractivity contribution is 5.82. The first-order valence-electron chi connectivity index (χ1n) is 5.00. The lowest BCUT2D eigenvalue weighted by atomic mass is 9.98. The first kappa shape index (κ1) is 12.4. The second-order valence-electron chi connectivity index (χ2n) is 4.14. The van der Waals surface area contributed by atoms with E-state index in [9.17, 15) is 4.79 Å². The third-order valence-corrected chi connectivity index (χ3v) is 2.11. The zero-order chi connectivity index (χ0) is 10.5. The molecule has 3 N–H and O–H groups in total. The van der Waals surface area contributed by atoms with Gasteiger partial charge in [0, 0.05) is 5.54 Å². The number of carbonyl (C=O) groups excluding carboxylic acids is 1. The summed E-state index contributed by atoms with van der Waals surface area (Å²) in [5, 5.41) is 2.94. The lowest BCUT2D eigenvalue weighted by Crippen LogP contribution is -2.50. The molecule has 13 heavy (non-hydrogen) atoms. The van der Waals surface area contributed by atoms with E-state index < -0.39 is 0 Å². The molecule has 0 aliphatic carbocycles. The fourth-order valence-corrected chi connectivity index (χ4v) is 1.30. The van der Waals surface area contributed by atoms with Crippen LogP contribution in [0.15, 0.2) is 0 Å². The second kappa shape index (κ2) is 5.22. The Hall–Kier alpha value is -0.570. The summed E-state index contributed by atoms with van der Waals surface area (Å²) in [5.41, 5.74) is 5.48. The van der Waals surface area contributed by atoms with E-state index in [1.54, 1.807) is 0 Å². The lowest BCUT2D eigenvalue weighted by Gasteiger charge is -2.27. The molecule has 3 nitrogen and oxygen atoms in total. The third-order valence-electron chi connectivity index (χ3n) is 2.11. The molecule has 0 saturated heterocycles. The number of nitrogens with one attached hydrogen (secondary N) is 1. The van der Waals surface area contributed by atoms with Gasteiger partial charge in [0.05, 0.1) is 6.04 Å². The van der Waals surface area contributed by atoms with Crippen molar-refractivity contribution in [2.24, 2.45) is 5.73 Å². The molecule has 1 amide bonds. The van der Waals surface area contributed by atoms with Gasteiger partial charge in [0.1, 0.15) is 0 Å². The van der Waals surface area contributed by atoms with Crippen LogP contribution in [0, 0.1) is 0 Å². The van der Waals surface area contributed by atoms with Crippen LogP contribution >= 0.6 is 0 Å². The monoisotopic (exact) mass is 186 g/mol. The Kier molecular flexibility index (Phi) is 4.99. The Morgan fingerprint density at radius 3 is 2.38 bits per heavy atom. The Balaban J connectivity index is 4.03. The first-order valence-corrected chi connectivity index (χ1v) is 5.00. The van der Waals surface area contributed by atoms with E-state index in [0.29, 0.717) is 6.42 Å². The van der Waals surface area contributed by atoms with Gasteiger partial charge < -0.3 is 11.1 Å². The topological polar surface area (TPSA) is 55.1 Å². The fourth-order valence-electron chi connectivity index (χ4n) is 1.30. The Morgan fingerprint density at radius 2 is 2.00 bits per heavy atom. The normalized spacial score (nSPS) is 13.9. The smallest absolute Gasteiger partial charge is 0.237 e. The van der Waals surface area contributed by atoms with E-state index in [0.717, 1.165) is 12.8 Å². The number of rotatable bonds is 5. The van der Waals surface area contributed by atoms with Gasteiger partial charge in [0.25, 0.3) is 0 Å². The van der Waals surface area contributed by atoms with Crippen LogP contribution in [0.3, 0.4) is 0 Å². The summed E-state index contributed by atoms with van der Waals surface area (Å²) in [7, 11) is 0. The van der Waals surface area contributed by atoms with E-state index in [2.05, 4.69) is 12.2 Å². The van der Waals surface area contributed by atoms with Crippen molar-refractivity contribution in [3.63, 3.8) is 0 Å². The molecule has 0 spiro atoms. The molecule has 0 rings (SSSR count). The molecule has 3 heteroatoms. The van der Waals surface area contributed by atoms with Crippen LogP contribution in [0.1, 0.15) is 47.0 Å². The summed E-state index contributed by atoms with van der Waals surface area (Å²) < 4.78 is 0. The first-order chi connectivity index (χ1) is 5.93. The number of nitrogens with two attached hydrogens (primary N) is 1. The van der Waals surface area contributed by atoms with Gasteiger partial charge in [-0.15, -0.1) is 0 Å². The molecule has 0 aromatic heterocycles. The highest BCUT2D eigenvalue weighted by atomic mass is 16.2. The number of hydrogen-bond donors (Lipinski definition) is 2. The van der Waals surface area contributed by atoms with E-state index in [1.165, 1.54) is 0 Å². The van der Waals surface area contributed by atoms with Crippen LogP contribution in [0.2, 0.25) is 0 Å². The predicted octanol–water partition coefficient (Wildman–Crippen LogP) is 1.42. The summed E-state index contributed by atoms with van der Waals surface area (Å²) in [5.74, 6) is -0.0408. The zero-order valence-corrected chi connectivity index (χ0v) is 9.18. The number of hydrogen-bond acceptors (Lipinski definition) is 2. The van der Waals surface area contributed by atoms with Gasteiger partial charge >= 0.3 is 0 Å². The minimum atomic E-state index is -0.365. The summed E-state index contributed by atoms with van der Waals surface area (Å²) in [4.78, 5) is 11.4. The molecule has 78 valence electrons. The molecule has 1 atom stereocenters. The van der Waals surface area contributed by atoms with Gasteiger partial charge in [-0.25, -0.2) is 0 Å². The second-order valence-corrected chi connectivity index (χ2v) is 4.14. The summed E-state index contributed by atoms with van der Waals surface area (Å²) >= 11 is 0. The average Bonchev–Trinajstić information content (AvgIpc) is 2.01. The van der Waals surface area contributed by atoms with E-state index in [4.69, 9.17) is 5.73 Å². The van der Waals surface area contributed by atoms with Crippen LogP contribution in [-0.4, -0.2) is 17.5 Å². The Bertz CT molecular complexity index is 166. The van der Waals surface area contributed by atoms with Crippen molar-refractivity contribution in [2.45, 2.75) is 58.5 Å². The predicted molar refractivity (Wildman–Crippen MR) is 55.4 cm³/mol. The van der Waals surface area contributed by atoms with E-state index in [1.807, 2.05) is 20.8 Å². The minimum Gasteiger partial charge on any atom is -0.350 e. The van der Waals surface area contributed by atoms with Gasteiger partial charge in [-0.1, -0.05) is 20.3 Å². The van der Waals surface area contributed by atoms with Crippen LogP contribution in [0.25, 0.3) is 0 Å². The van der Waals surface area contributed by atoms with Crippen molar-refractivity contribution in [1.29, 1.82) is 0 Å². The van der Waals surface area contributed by atoms with Gasteiger partial charge in [-0.05, 0) is 26.7 Å². The van der Waals surface area contributed by atoms with Crippen LogP contribution in [0.5, 0.6) is 0 Å². The summed E-state index contributed by atoms with van der Waals surface area (Å²) in [6.45, 7) is 8.07. The van der Waals surface area contributed by atoms with Crippen LogP contribution in [-0.2, 0) is 4.79 Å². The molecule has 0 radical (unpaired) electrons. The van der Waals surface area contributed by atoms with Crippen molar-refractivity contribution in [3.05, 3.63) is 0 Å². The van der Waals surface area contributed by atoms with E-state index >= 15 is 0 Å².